The van der Waals surface area contributed by atoms with Gasteiger partial charge in [-0.25, -0.2) is 0 Å². The Bertz CT molecular complexity index is 236. The molecule has 0 bridgehead atoms. The number of carbonyl (C=O) groups is 2. The van der Waals surface area contributed by atoms with E-state index in [9.17, 15) is 9.59 Å². The normalized spacial score (nSPS) is 14.2. The van der Waals surface area contributed by atoms with Gasteiger partial charge in [0.25, 0.3) is 0 Å². The van der Waals surface area contributed by atoms with Crippen LogP contribution >= 0.6 is 11.8 Å². The van der Waals surface area contributed by atoms with Crippen LogP contribution in [-0.2, 0) is 9.59 Å². The second-order valence-corrected chi connectivity index (χ2v) is 4.72. The molecule has 0 saturated heterocycles. The van der Waals surface area contributed by atoms with Crippen molar-refractivity contribution >= 4 is 23.6 Å². The largest absolute Gasteiger partial charge is 0.481 e. The van der Waals surface area contributed by atoms with Crippen molar-refractivity contribution in [1.29, 1.82) is 0 Å². The van der Waals surface area contributed by atoms with Crippen LogP contribution in [-0.4, -0.2) is 41.1 Å². The van der Waals surface area contributed by atoms with E-state index >= 15 is 0 Å². The molecule has 0 rings (SSSR count). The van der Waals surface area contributed by atoms with E-state index in [0.717, 1.165) is 12.2 Å². The summed E-state index contributed by atoms with van der Waals surface area (Å²) in [7, 11) is 0. The van der Waals surface area contributed by atoms with E-state index in [0.29, 0.717) is 0 Å². The Hall–Kier alpha value is -0.750. The van der Waals surface area contributed by atoms with Crippen molar-refractivity contribution in [3.8, 4) is 0 Å². The molecule has 0 aliphatic heterocycles. The number of nitrogens with one attached hydrogen (secondary N) is 1. The molecule has 4 N–H and O–H groups in total. The third-order valence-corrected chi connectivity index (χ3v) is 2.79. The van der Waals surface area contributed by atoms with Crippen LogP contribution in [0.2, 0.25) is 0 Å². The molecular weight excluding hydrogens is 228 g/mol. The van der Waals surface area contributed by atoms with Crippen molar-refractivity contribution in [3.63, 3.8) is 0 Å². The zero-order valence-corrected chi connectivity index (χ0v) is 10.5. The van der Waals surface area contributed by atoms with E-state index in [2.05, 4.69) is 5.32 Å². The predicted molar refractivity (Wildman–Crippen MR) is 65.4 cm³/mol. The van der Waals surface area contributed by atoms with E-state index in [1.165, 1.54) is 0 Å². The molecule has 0 aliphatic carbocycles. The average molecular weight is 248 g/mol. The molecule has 0 aromatic rings. The average Bonchev–Trinajstić information content (AvgIpc) is 2.22. The number of hydrogen-bond acceptors (Lipinski definition) is 4. The van der Waals surface area contributed by atoms with Gasteiger partial charge in [-0.15, -0.1) is 0 Å². The second-order valence-electron chi connectivity index (χ2n) is 3.73. The van der Waals surface area contributed by atoms with E-state index in [-0.39, 0.29) is 24.8 Å². The maximum absolute atomic E-state index is 11.5. The van der Waals surface area contributed by atoms with Crippen molar-refractivity contribution in [3.05, 3.63) is 0 Å². The Morgan fingerprint density at radius 1 is 1.44 bits per heavy atom. The van der Waals surface area contributed by atoms with Crippen LogP contribution in [0.1, 0.15) is 26.2 Å². The number of aliphatic carboxylic acids is 1. The zero-order chi connectivity index (χ0) is 12.6. The summed E-state index contributed by atoms with van der Waals surface area (Å²) in [5, 5.41) is 11.2. The van der Waals surface area contributed by atoms with Crippen LogP contribution in [0.5, 0.6) is 0 Å². The Morgan fingerprint density at radius 2 is 2.06 bits per heavy atom. The van der Waals surface area contributed by atoms with Gasteiger partial charge in [0.05, 0.1) is 6.04 Å². The Balaban J connectivity index is 3.81. The van der Waals surface area contributed by atoms with Crippen LogP contribution in [0, 0.1) is 0 Å². The van der Waals surface area contributed by atoms with E-state index in [4.69, 9.17) is 10.8 Å². The maximum Gasteiger partial charge on any atom is 0.303 e. The monoisotopic (exact) mass is 248 g/mol. The fraction of sp³-hybridized carbons (Fsp3) is 0.800. The summed E-state index contributed by atoms with van der Waals surface area (Å²) in [5.41, 5.74) is 5.56. The minimum atomic E-state index is -0.932. The van der Waals surface area contributed by atoms with Gasteiger partial charge in [-0.05, 0) is 31.8 Å². The summed E-state index contributed by atoms with van der Waals surface area (Å²) in [6, 6.07) is -0.649. The molecule has 0 fully saturated rings. The molecule has 6 heteroatoms. The number of rotatable bonds is 8. The van der Waals surface area contributed by atoms with Gasteiger partial charge in [0, 0.05) is 12.5 Å². The van der Waals surface area contributed by atoms with Gasteiger partial charge >= 0.3 is 5.97 Å². The quantitative estimate of drug-likeness (QED) is 0.579. The number of nitrogens with two attached hydrogens (primary N) is 1. The van der Waals surface area contributed by atoms with Crippen molar-refractivity contribution in [1.82, 2.24) is 5.32 Å². The zero-order valence-electron chi connectivity index (χ0n) is 9.73. The van der Waals surface area contributed by atoms with Crippen LogP contribution in [0.3, 0.4) is 0 Å². The highest BCUT2D eigenvalue weighted by atomic mass is 32.2. The molecule has 0 radical (unpaired) electrons. The lowest BCUT2D eigenvalue weighted by Gasteiger charge is -2.16. The van der Waals surface area contributed by atoms with Crippen molar-refractivity contribution in [2.75, 3.05) is 12.0 Å². The Labute approximate surface area is 100 Å². The fourth-order valence-corrected chi connectivity index (χ4v) is 1.72. The molecule has 5 nitrogen and oxygen atoms in total. The lowest BCUT2D eigenvalue weighted by atomic mass is 10.1. The number of carboxylic acid groups (broad SMARTS) is 1. The first-order valence-corrected chi connectivity index (χ1v) is 6.63. The van der Waals surface area contributed by atoms with Gasteiger partial charge in [-0.2, -0.15) is 11.8 Å². The lowest BCUT2D eigenvalue weighted by molar-refractivity contribution is -0.137. The summed E-state index contributed by atoms with van der Waals surface area (Å²) in [6.45, 7) is 1.91. The topological polar surface area (TPSA) is 92.4 Å². The van der Waals surface area contributed by atoms with E-state index in [1.54, 1.807) is 11.8 Å². The number of hydrogen-bond donors (Lipinski definition) is 3. The summed E-state index contributed by atoms with van der Waals surface area (Å²) < 4.78 is 0. The van der Waals surface area contributed by atoms with Gasteiger partial charge in [0.2, 0.25) is 5.91 Å². The molecule has 0 aromatic heterocycles. The van der Waals surface area contributed by atoms with E-state index in [1.807, 2.05) is 13.2 Å². The smallest absolute Gasteiger partial charge is 0.303 e. The highest BCUT2D eigenvalue weighted by Gasteiger charge is 2.16. The Morgan fingerprint density at radius 3 is 2.56 bits per heavy atom. The predicted octanol–water partition coefficient (Wildman–Crippen LogP) is 0.436. The highest BCUT2D eigenvalue weighted by molar-refractivity contribution is 7.98. The standard InChI is InChI=1S/C10H20N2O3S/c1-7(5-6-16-2)12-10(15)8(11)3-4-9(13)14/h7-8H,3-6,11H2,1-2H3,(H,12,15)(H,13,14). The summed E-state index contributed by atoms with van der Waals surface area (Å²) in [4.78, 5) is 21.8. The van der Waals surface area contributed by atoms with Crippen molar-refractivity contribution in [2.45, 2.75) is 38.3 Å². The molecule has 0 spiro atoms. The lowest BCUT2D eigenvalue weighted by Crippen LogP contribution is -2.44. The summed E-state index contributed by atoms with van der Waals surface area (Å²) in [5.74, 6) is -0.222. The van der Waals surface area contributed by atoms with Crippen LogP contribution < -0.4 is 11.1 Å². The minimum absolute atomic E-state index is 0.0756. The first-order valence-electron chi connectivity index (χ1n) is 5.24. The molecule has 0 aromatic carbocycles. The third kappa shape index (κ3) is 7.53. The van der Waals surface area contributed by atoms with Gasteiger partial charge < -0.3 is 16.2 Å². The molecule has 2 unspecified atom stereocenters. The minimum Gasteiger partial charge on any atom is -0.481 e. The number of carboxylic acids is 1. The fourth-order valence-electron chi connectivity index (χ4n) is 1.13. The second kappa shape index (κ2) is 8.41. The molecule has 1 amide bonds. The number of amides is 1. The van der Waals surface area contributed by atoms with Crippen molar-refractivity contribution in [2.24, 2.45) is 5.73 Å². The summed E-state index contributed by atoms with van der Waals surface area (Å²) >= 11 is 1.72. The highest BCUT2D eigenvalue weighted by Crippen LogP contribution is 2.01. The third-order valence-electron chi connectivity index (χ3n) is 2.15. The van der Waals surface area contributed by atoms with Gasteiger partial charge in [-0.3, -0.25) is 9.59 Å². The first-order chi connectivity index (χ1) is 7.47. The van der Waals surface area contributed by atoms with Gasteiger partial charge in [0.1, 0.15) is 0 Å². The number of carbonyl (C=O) groups excluding carboxylic acids is 1. The van der Waals surface area contributed by atoms with Gasteiger partial charge in [0.15, 0.2) is 0 Å². The SMILES string of the molecule is CSCCC(C)NC(=O)C(N)CCC(=O)O. The molecule has 0 aliphatic rings. The molecule has 94 valence electrons. The summed E-state index contributed by atoms with van der Waals surface area (Å²) in [6.07, 6.45) is 3.00. The van der Waals surface area contributed by atoms with Gasteiger partial charge in [-0.1, -0.05) is 0 Å². The number of thioether (sulfide) groups is 1. The Kier molecular flexibility index (Phi) is 8.01. The maximum atomic E-state index is 11.5. The molecule has 0 saturated carbocycles. The van der Waals surface area contributed by atoms with Crippen molar-refractivity contribution < 1.29 is 14.7 Å². The molecule has 16 heavy (non-hydrogen) atoms. The molecule has 2 atom stereocenters. The molecular formula is C10H20N2O3S. The van der Waals surface area contributed by atoms with Crippen LogP contribution in [0.25, 0.3) is 0 Å². The van der Waals surface area contributed by atoms with Crippen LogP contribution in [0.15, 0.2) is 0 Å². The van der Waals surface area contributed by atoms with E-state index < -0.39 is 12.0 Å². The van der Waals surface area contributed by atoms with Crippen LogP contribution in [0.4, 0.5) is 0 Å². The first kappa shape index (κ1) is 15.2. The molecule has 0 heterocycles.